The molecule has 0 aliphatic carbocycles. The Morgan fingerprint density at radius 3 is 1.20 bits per heavy atom. The Balaban J connectivity index is 0.000000201. The Hall–Kier alpha value is -3.76. The summed E-state index contributed by atoms with van der Waals surface area (Å²) in [4.78, 5) is 13.2. The first kappa shape index (κ1) is 40.7. The normalized spacial score (nSPS) is 10.5. The van der Waals surface area contributed by atoms with Crippen molar-refractivity contribution < 1.29 is 20.1 Å². The predicted octanol–water partition coefficient (Wildman–Crippen LogP) is 12.0. The van der Waals surface area contributed by atoms with Gasteiger partial charge in [0.2, 0.25) is 0 Å². The average Bonchev–Trinajstić information content (AvgIpc) is 3.09. The van der Waals surface area contributed by atoms with E-state index in [4.69, 9.17) is 0 Å². The van der Waals surface area contributed by atoms with E-state index in [9.17, 15) is 0 Å². The molecule has 0 saturated carbocycles. The van der Waals surface area contributed by atoms with Crippen molar-refractivity contribution in [2.45, 2.75) is 60.8 Å². The summed E-state index contributed by atoms with van der Waals surface area (Å²) in [6, 6.07) is 44.2. The van der Waals surface area contributed by atoms with E-state index in [1.807, 2.05) is 85.3 Å². The second-order valence-corrected chi connectivity index (χ2v) is 14.3. The fraction of sp³-hybridized carbons (Fsp3) is 0.267. The quantitative estimate of drug-likeness (QED) is 0.136. The number of aromatic nitrogens is 3. The van der Waals surface area contributed by atoms with E-state index in [0.29, 0.717) is 17.8 Å². The van der Waals surface area contributed by atoms with Crippen molar-refractivity contribution in [1.29, 1.82) is 0 Å². The van der Waals surface area contributed by atoms with Crippen LogP contribution in [-0.2, 0) is 39.4 Å². The molecule has 6 rings (SSSR count). The monoisotopic (exact) mass is 901 g/mol. The second kappa shape index (κ2) is 21.5. The minimum atomic E-state index is 0. The van der Waals surface area contributed by atoms with Crippen molar-refractivity contribution in [1.82, 2.24) is 15.0 Å². The van der Waals surface area contributed by atoms with Crippen LogP contribution < -0.4 is 0 Å². The Morgan fingerprint density at radius 2 is 0.860 bits per heavy atom. The number of halogens is 1. The largest absolute Gasteiger partial charge is 3.00 e. The molecule has 0 aliphatic rings. The summed E-state index contributed by atoms with van der Waals surface area (Å²) in [6.07, 6.45) is 8.93. The van der Waals surface area contributed by atoms with Gasteiger partial charge in [0.25, 0.3) is 0 Å². The van der Waals surface area contributed by atoms with E-state index >= 15 is 0 Å². The van der Waals surface area contributed by atoms with E-state index in [-0.39, 0.29) is 20.1 Å². The van der Waals surface area contributed by atoms with Gasteiger partial charge in [-0.05, 0) is 72.3 Å². The van der Waals surface area contributed by atoms with Gasteiger partial charge in [-0.15, -0.1) is 102 Å². The maximum absolute atomic E-state index is 4.41. The summed E-state index contributed by atoms with van der Waals surface area (Å²) in [5.41, 5.74) is 10.2. The van der Waals surface area contributed by atoms with Crippen molar-refractivity contribution in [2.75, 3.05) is 0 Å². The van der Waals surface area contributed by atoms with E-state index in [2.05, 4.69) is 127 Å². The van der Waals surface area contributed by atoms with Crippen LogP contribution >= 0.6 is 15.9 Å². The summed E-state index contributed by atoms with van der Waals surface area (Å²) in [5.74, 6) is 2.02. The van der Waals surface area contributed by atoms with Gasteiger partial charge in [-0.3, -0.25) is 0 Å². The smallest absolute Gasteiger partial charge is 0.305 e. The van der Waals surface area contributed by atoms with Crippen LogP contribution in [0.4, 0.5) is 0 Å². The first-order valence-electron chi connectivity index (χ1n) is 17.1. The first-order chi connectivity index (χ1) is 23.7. The molecule has 0 amide bonds. The molecule has 3 aromatic carbocycles. The molecule has 0 radical (unpaired) electrons. The Kier molecular flexibility index (Phi) is 17.5. The van der Waals surface area contributed by atoms with Crippen LogP contribution in [0, 0.1) is 36.0 Å². The predicted molar refractivity (Wildman–Crippen MR) is 209 cm³/mol. The van der Waals surface area contributed by atoms with E-state index in [0.717, 1.165) is 57.5 Å². The second-order valence-electron chi connectivity index (χ2n) is 13.4. The van der Waals surface area contributed by atoms with Crippen molar-refractivity contribution in [3.63, 3.8) is 0 Å². The molecule has 0 N–H and O–H groups in total. The zero-order valence-corrected chi connectivity index (χ0v) is 33.9. The number of nitrogens with zero attached hydrogens (tertiary/aromatic N) is 3. The zero-order chi connectivity index (χ0) is 35.0. The topological polar surface area (TPSA) is 38.7 Å². The van der Waals surface area contributed by atoms with Gasteiger partial charge in [-0.2, -0.15) is 0 Å². The molecule has 0 fully saturated rings. The Labute approximate surface area is 322 Å². The van der Waals surface area contributed by atoms with Crippen molar-refractivity contribution in [3.05, 3.63) is 161 Å². The van der Waals surface area contributed by atoms with Gasteiger partial charge in [0, 0.05) is 18.6 Å². The fourth-order valence-corrected chi connectivity index (χ4v) is 5.71. The molecule has 50 heavy (non-hydrogen) atoms. The van der Waals surface area contributed by atoms with E-state index < -0.39 is 0 Å². The van der Waals surface area contributed by atoms with Crippen molar-refractivity contribution in [3.8, 4) is 33.8 Å². The van der Waals surface area contributed by atoms with Gasteiger partial charge < -0.3 is 15.0 Å². The molecule has 0 saturated heterocycles. The number of pyridine rings is 3. The molecule has 0 aliphatic heterocycles. The van der Waals surface area contributed by atoms with E-state index in [1.54, 1.807) is 0 Å². The molecule has 5 heteroatoms. The van der Waals surface area contributed by atoms with Crippen LogP contribution in [0.5, 0.6) is 0 Å². The molecule has 0 bridgehead atoms. The molecule has 0 spiro atoms. The Bertz CT molecular complexity index is 1750. The van der Waals surface area contributed by atoms with Gasteiger partial charge in [-0.1, -0.05) is 96.8 Å². The standard InChI is InChI=1S/C15H15BrN.2C15H16N.Ir/c1-11(2)8-12-6-7-17-15(9-12)13-4-3-5-14(16)10-13;2*1-12(2)10-13-8-9-16-15(11-13)14-6-4-3-5-7-14;/h3,5-7,9-11H,8H2,1-2H3;2*3-6,8-9,11-12H,10H2,1-2H3;/q3*-1;+3. The summed E-state index contributed by atoms with van der Waals surface area (Å²) >= 11 is 3.47. The maximum atomic E-state index is 4.41. The molecule has 3 nitrogen and oxygen atoms in total. The summed E-state index contributed by atoms with van der Waals surface area (Å²) in [5, 5.41) is 0. The number of hydrogen-bond acceptors (Lipinski definition) is 3. The van der Waals surface area contributed by atoms with Gasteiger partial charge in [0.15, 0.2) is 0 Å². The summed E-state index contributed by atoms with van der Waals surface area (Å²) in [6.45, 7) is 13.4. The molecule has 6 aromatic rings. The Morgan fingerprint density at radius 1 is 0.480 bits per heavy atom. The SMILES string of the molecule is CC(C)Cc1ccnc(-c2[c-]ccc(Br)c2)c1.CC(C)Cc1ccnc(-c2[c-]cccc2)c1.CC(C)Cc1ccnc(-c2[c-]cccc2)c1.[Ir+3]. The van der Waals surface area contributed by atoms with Crippen LogP contribution in [-0.4, -0.2) is 15.0 Å². The maximum Gasteiger partial charge on any atom is 3.00 e. The zero-order valence-electron chi connectivity index (χ0n) is 30.0. The number of benzene rings is 3. The third-order valence-corrected chi connectivity index (χ3v) is 7.91. The van der Waals surface area contributed by atoms with Crippen molar-refractivity contribution >= 4 is 15.9 Å². The van der Waals surface area contributed by atoms with Crippen LogP contribution in [0.1, 0.15) is 58.2 Å². The van der Waals surface area contributed by atoms with Crippen LogP contribution in [0.3, 0.4) is 0 Å². The van der Waals surface area contributed by atoms with Gasteiger partial charge >= 0.3 is 20.1 Å². The molecular formula is C45H47BrIrN3. The molecule has 3 aromatic heterocycles. The van der Waals surface area contributed by atoms with Gasteiger partial charge in [-0.25, -0.2) is 0 Å². The molecule has 258 valence electrons. The van der Waals surface area contributed by atoms with Crippen molar-refractivity contribution in [2.24, 2.45) is 17.8 Å². The van der Waals surface area contributed by atoms with Crippen LogP contribution in [0.25, 0.3) is 33.8 Å². The number of rotatable bonds is 9. The summed E-state index contributed by atoms with van der Waals surface area (Å²) < 4.78 is 1.06. The third-order valence-electron chi connectivity index (χ3n) is 7.41. The average molecular weight is 902 g/mol. The first-order valence-corrected chi connectivity index (χ1v) is 17.9. The molecule has 0 atom stereocenters. The van der Waals surface area contributed by atoms with Gasteiger partial charge in [0.05, 0.1) is 0 Å². The van der Waals surface area contributed by atoms with E-state index in [1.165, 1.54) is 16.7 Å². The van der Waals surface area contributed by atoms with Gasteiger partial charge in [0.1, 0.15) is 0 Å². The third kappa shape index (κ3) is 14.2. The number of hydrogen-bond donors (Lipinski definition) is 0. The van der Waals surface area contributed by atoms with Crippen LogP contribution in [0.2, 0.25) is 0 Å². The molecule has 3 heterocycles. The minimum Gasteiger partial charge on any atom is -0.305 e. The minimum absolute atomic E-state index is 0. The molecular weight excluding hydrogens is 855 g/mol. The van der Waals surface area contributed by atoms with Crippen LogP contribution in [0.15, 0.2) is 126 Å². The molecule has 0 unspecified atom stereocenters. The fourth-order valence-electron chi connectivity index (χ4n) is 5.35. The summed E-state index contributed by atoms with van der Waals surface area (Å²) in [7, 11) is 0.